The van der Waals surface area contributed by atoms with E-state index in [1.54, 1.807) is 18.2 Å². The molecule has 4 aromatic rings. The Morgan fingerprint density at radius 2 is 1.73 bits per heavy atom. The minimum atomic E-state index is -3.89. The Balaban J connectivity index is 1.61. The van der Waals surface area contributed by atoms with Crippen molar-refractivity contribution in [2.24, 2.45) is 0 Å². The molecule has 9 heteroatoms. The van der Waals surface area contributed by atoms with Gasteiger partial charge in [-0.15, -0.1) is 0 Å². The average Bonchev–Trinajstić information content (AvgIpc) is 3.12. The zero-order valence-electron chi connectivity index (χ0n) is 15.7. The van der Waals surface area contributed by atoms with E-state index in [-0.39, 0.29) is 16.1 Å². The zero-order valence-corrected chi connectivity index (χ0v) is 18.1. The lowest BCUT2D eigenvalue weighted by atomic mass is 10.2. The molecule has 0 saturated carbocycles. The molecule has 2 N–H and O–H groups in total. The van der Waals surface area contributed by atoms with Gasteiger partial charge in [-0.3, -0.25) is 14.8 Å². The predicted molar refractivity (Wildman–Crippen MR) is 121 cm³/mol. The number of thiazole rings is 1. The number of fused-ring (bicyclic) bond motifs is 1. The van der Waals surface area contributed by atoms with E-state index in [9.17, 15) is 13.2 Å². The van der Waals surface area contributed by atoms with E-state index in [1.807, 2.05) is 25.1 Å². The van der Waals surface area contributed by atoms with Gasteiger partial charge in [-0.05, 0) is 55.0 Å². The number of anilines is 2. The average molecular weight is 458 g/mol. The van der Waals surface area contributed by atoms with Gasteiger partial charge in [0.15, 0.2) is 5.13 Å². The van der Waals surface area contributed by atoms with Crippen LogP contribution in [-0.4, -0.2) is 19.3 Å². The molecule has 1 aromatic heterocycles. The molecule has 0 aliphatic heterocycles. The summed E-state index contributed by atoms with van der Waals surface area (Å²) in [4.78, 5) is 17.4. The number of nitrogens with zero attached hydrogens (tertiary/aromatic N) is 1. The molecule has 152 valence electrons. The summed E-state index contributed by atoms with van der Waals surface area (Å²) in [5.74, 6) is -0.457. The molecule has 0 aliphatic carbocycles. The topological polar surface area (TPSA) is 88.2 Å². The second-order valence-electron chi connectivity index (χ2n) is 6.50. The zero-order chi connectivity index (χ0) is 21.3. The lowest BCUT2D eigenvalue weighted by molar-refractivity contribution is 0.102. The summed E-state index contributed by atoms with van der Waals surface area (Å²) in [6, 6.07) is 18.0. The van der Waals surface area contributed by atoms with Gasteiger partial charge in [-0.2, -0.15) is 0 Å². The Labute approximate surface area is 182 Å². The molecular formula is C21H16ClN3O3S2. The van der Waals surface area contributed by atoms with Crippen molar-refractivity contribution in [3.8, 4) is 0 Å². The number of aromatic nitrogens is 1. The van der Waals surface area contributed by atoms with Gasteiger partial charge in [-0.25, -0.2) is 13.4 Å². The number of para-hydroxylation sites is 2. The first-order valence-electron chi connectivity index (χ1n) is 8.88. The number of hydrogen-bond acceptors (Lipinski definition) is 5. The number of nitrogens with one attached hydrogen (secondary N) is 2. The number of hydrogen-bond donors (Lipinski definition) is 2. The van der Waals surface area contributed by atoms with Gasteiger partial charge in [-0.1, -0.05) is 47.2 Å². The Kier molecular flexibility index (Phi) is 5.46. The fraction of sp³-hybridized carbons (Fsp3) is 0.0476. The van der Waals surface area contributed by atoms with Gasteiger partial charge in [0.05, 0.1) is 26.4 Å². The quantitative estimate of drug-likeness (QED) is 0.425. The summed E-state index contributed by atoms with van der Waals surface area (Å²) in [7, 11) is -3.89. The van der Waals surface area contributed by atoms with Crippen molar-refractivity contribution >= 4 is 59.9 Å². The fourth-order valence-corrected chi connectivity index (χ4v) is 5.04. The van der Waals surface area contributed by atoms with E-state index in [1.165, 1.54) is 41.7 Å². The SMILES string of the molecule is Cc1cccc2sc(NC(=O)c3ccccc3NS(=O)(=O)c3ccc(Cl)cc3)nc12. The maximum atomic E-state index is 12.9. The van der Waals surface area contributed by atoms with Gasteiger partial charge in [0.2, 0.25) is 0 Å². The molecule has 3 aromatic carbocycles. The molecule has 30 heavy (non-hydrogen) atoms. The van der Waals surface area contributed by atoms with Crippen LogP contribution in [-0.2, 0) is 10.0 Å². The third-order valence-corrected chi connectivity index (χ3v) is 6.95. The van der Waals surface area contributed by atoms with Crippen LogP contribution < -0.4 is 10.0 Å². The number of rotatable bonds is 5. The number of carbonyl (C=O) groups is 1. The van der Waals surface area contributed by atoms with Crippen molar-refractivity contribution in [1.29, 1.82) is 0 Å². The van der Waals surface area contributed by atoms with E-state index in [4.69, 9.17) is 11.6 Å². The maximum Gasteiger partial charge on any atom is 0.261 e. The van der Waals surface area contributed by atoms with Crippen LogP contribution in [0.25, 0.3) is 10.2 Å². The molecule has 1 heterocycles. The van der Waals surface area contributed by atoms with Crippen LogP contribution >= 0.6 is 22.9 Å². The van der Waals surface area contributed by atoms with Crippen molar-refractivity contribution in [3.63, 3.8) is 0 Å². The highest BCUT2D eigenvalue weighted by Crippen LogP contribution is 2.29. The van der Waals surface area contributed by atoms with Gasteiger partial charge >= 0.3 is 0 Å². The Morgan fingerprint density at radius 3 is 2.47 bits per heavy atom. The molecule has 1 amide bonds. The minimum Gasteiger partial charge on any atom is -0.298 e. The fourth-order valence-electron chi connectivity index (χ4n) is 2.89. The molecular weight excluding hydrogens is 442 g/mol. The normalized spacial score (nSPS) is 11.4. The van der Waals surface area contributed by atoms with Crippen molar-refractivity contribution in [1.82, 2.24) is 4.98 Å². The van der Waals surface area contributed by atoms with Gasteiger partial charge in [0, 0.05) is 5.02 Å². The van der Waals surface area contributed by atoms with Gasteiger partial charge in [0.25, 0.3) is 15.9 Å². The van der Waals surface area contributed by atoms with Crippen LogP contribution in [0.15, 0.2) is 71.6 Å². The smallest absolute Gasteiger partial charge is 0.261 e. The van der Waals surface area contributed by atoms with Crippen molar-refractivity contribution in [2.45, 2.75) is 11.8 Å². The highest BCUT2D eigenvalue weighted by Gasteiger charge is 2.19. The summed E-state index contributed by atoms with van der Waals surface area (Å²) < 4.78 is 28.8. The molecule has 0 fully saturated rings. The highest BCUT2D eigenvalue weighted by molar-refractivity contribution is 7.92. The van der Waals surface area contributed by atoms with Gasteiger partial charge in [0.1, 0.15) is 0 Å². The summed E-state index contributed by atoms with van der Waals surface area (Å²) in [5.41, 5.74) is 2.20. The molecule has 0 unspecified atom stereocenters. The Bertz CT molecular complexity index is 1350. The first kappa shape index (κ1) is 20.3. The van der Waals surface area contributed by atoms with Crippen LogP contribution in [0.2, 0.25) is 5.02 Å². The number of carbonyl (C=O) groups excluding carboxylic acids is 1. The lowest BCUT2D eigenvalue weighted by Crippen LogP contribution is -2.18. The van der Waals surface area contributed by atoms with Crippen molar-refractivity contribution < 1.29 is 13.2 Å². The third-order valence-electron chi connectivity index (χ3n) is 4.38. The molecule has 0 bridgehead atoms. The summed E-state index contributed by atoms with van der Waals surface area (Å²) >= 11 is 7.19. The molecule has 0 saturated heterocycles. The standard InChI is InChI=1S/C21H16ClN3O3S2/c1-13-5-4-8-18-19(13)23-21(29-18)24-20(26)16-6-2-3-7-17(16)25-30(27,28)15-11-9-14(22)10-12-15/h2-12,25H,1H3,(H,23,24,26). The van der Waals surface area contributed by atoms with E-state index in [0.29, 0.717) is 10.2 Å². The Morgan fingerprint density at radius 1 is 1.00 bits per heavy atom. The van der Waals surface area contributed by atoms with Gasteiger partial charge < -0.3 is 0 Å². The first-order chi connectivity index (χ1) is 14.3. The van der Waals surface area contributed by atoms with E-state index in [0.717, 1.165) is 15.8 Å². The summed E-state index contributed by atoms with van der Waals surface area (Å²) in [5, 5.41) is 3.64. The van der Waals surface area contributed by atoms with E-state index in [2.05, 4.69) is 15.0 Å². The maximum absolute atomic E-state index is 12.9. The van der Waals surface area contributed by atoms with Crippen molar-refractivity contribution in [3.05, 3.63) is 82.9 Å². The number of benzene rings is 3. The molecule has 4 rings (SSSR count). The van der Waals surface area contributed by atoms with Crippen LogP contribution in [0.4, 0.5) is 10.8 Å². The third kappa shape index (κ3) is 4.16. The second kappa shape index (κ2) is 8.06. The Hall–Kier alpha value is -2.94. The largest absolute Gasteiger partial charge is 0.298 e. The highest BCUT2D eigenvalue weighted by atomic mass is 35.5. The number of sulfonamides is 1. The summed E-state index contributed by atoms with van der Waals surface area (Å²) in [6.07, 6.45) is 0. The first-order valence-corrected chi connectivity index (χ1v) is 11.6. The summed E-state index contributed by atoms with van der Waals surface area (Å²) in [6.45, 7) is 1.95. The molecule has 0 spiro atoms. The van der Waals surface area contributed by atoms with Crippen LogP contribution in [0, 0.1) is 6.92 Å². The molecule has 0 radical (unpaired) electrons. The lowest BCUT2D eigenvalue weighted by Gasteiger charge is -2.12. The molecule has 0 atom stereocenters. The van der Waals surface area contributed by atoms with Crippen LogP contribution in [0.3, 0.4) is 0 Å². The van der Waals surface area contributed by atoms with E-state index >= 15 is 0 Å². The van der Waals surface area contributed by atoms with Crippen LogP contribution in [0.1, 0.15) is 15.9 Å². The van der Waals surface area contributed by atoms with Crippen molar-refractivity contribution in [2.75, 3.05) is 10.0 Å². The molecule has 6 nitrogen and oxygen atoms in total. The molecule has 0 aliphatic rings. The number of amides is 1. The van der Waals surface area contributed by atoms with E-state index < -0.39 is 15.9 Å². The number of halogens is 1. The van der Waals surface area contributed by atoms with Crippen LogP contribution in [0.5, 0.6) is 0 Å². The minimum absolute atomic E-state index is 0.0451. The monoisotopic (exact) mass is 457 g/mol. The predicted octanol–water partition coefficient (Wildman–Crippen LogP) is 5.31. The second-order valence-corrected chi connectivity index (χ2v) is 9.65. The number of aryl methyl sites for hydroxylation is 1.